The third-order valence-electron chi connectivity index (χ3n) is 2.17. The number of hydrogen-bond acceptors (Lipinski definition) is 2. The van der Waals surface area contributed by atoms with E-state index >= 15 is 0 Å². The number of carbonyl (C=O) groups is 1. The van der Waals surface area contributed by atoms with Crippen molar-refractivity contribution in [3.63, 3.8) is 0 Å². The molecule has 72 valence electrons. The Labute approximate surface area is 81.3 Å². The van der Waals surface area contributed by atoms with Crippen LogP contribution in [-0.4, -0.2) is 11.1 Å². The number of primary amides is 1. The number of benzene rings is 1. The smallest absolute Gasteiger partial charge is 0.323 e. The van der Waals surface area contributed by atoms with Gasteiger partial charge in [0.1, 0.15) is 6.10 Å². The average molecular weight is 190 g/mol. The van der Waals surface area contributed by atoms with E-state index in [1.165, 1.54) is 17.2 Å². The lowest BCUT2D eigenvalue weighted by Gasteiger charge is -2.25. The minimum absolute atomic E-state index is 0.555. The Balaban J connectivity index is 2.52. The summed E-state index contributed by atoms with van der Waals surface area (Å²) in [6.07, 6.45) is 2.34. The van der Waals surface area contributed by atoms with Crippen LogP contribution in [0.15, 0.2) is 36.5 Å². The van der Waals surface area contributed by atoms with Gasteiger partial charge in [0.15, 0.2) is 0 Å². The van der Waals surface area contributed by atoms with E-state index in [0.29, 0.717) is 11.3 Å². The summed E-state index contributed by atoms with van der Waals surface area (Å²) in [4.78, 5) is 12.3. The van der Waals surface area contributed by atoms with Gasteiger partial charge < -0.3 is 10.8 Å². The van der Waals surface area contributed by atoms with Crippen molar-refractivity contribution in [2.24, 2.45) is 5.73 Å². The van der Waals surface area contributed by atoms with Gasteiger partial charge in [0, 0.05) is 11.8 Å². The predicted octanol–water partition coefficient (Wildman–Crippen LogP) is 1.13. The first-order chi connectivity index (χ1) is 6.70. The van der Waals surface area contributed by atoms with Crippen LogP contribution < -0.4 is 10.6 Å². The Morgan fingerprint density at radius 3 is 2.86 bits per heavy atom. The first-order valence-electron chi connectivity index (χ1n) is 4.24. The maximum Gasteiger partial charge on any atom is 0.323 e. The molecule has 0 saturated heterocycles. The molecule has 1 aliphatic rings. The molecule has 4 nitrogen and oxygen atoms in total. The summed E-state index contributed by atoms with van der Waals surface area (Å²) in [5, 5.41) is 9.60. The maximum absolute atomic E-state index is 11.0. The highest BCUT2D eigenvalue weighted by Crippen LogP contribution is 2.31. The molecule has 0 aliphatic carbocycles. The average Bonchev–Trinajstić information content (AvgIpc) is 2.18. The van der Waals surface area contributed by atoms with Gasteiger partial charge in [-0.15, -0.1) is 0 Å². The van der Waals surface area contributed by atoms with E-state index in [1.54, 1.807) is 24.3 Å². The lowest BCUT2D eigenvalue weighted by atomic mass is 10.0. The molecule has 14 heavy (non-hydrogen) atoms. The van der Waals surface area contributed by atoms with Gasteiger partial charge in [-0.05, 0) is 12.1 Å². The first-order valence-corrected chi connectivity index (χ1v) is 4.24. The van der Waals surface area contributed by atoms with E-state index in [0.717, 1.165) is 0 Å². The lowest BCUT2D eigenvalue weighted by molar-refractivity contribution is 0.226. The molecular weight excluding hydrogens is 180 g/mol. The van der Waals surface area contributed by atoms with Crippen molar-refractivity contribution < 1.29 is 9.90 Å². The summed E-state index contributed by atoms with van der Waals surface area (Å²) in [7, 11) is 0. The SMILES string of the molecule is NC(=O)N1C=CC(O)c2ccccc21. The molecule has 0 bridgehead atoms. The maximum atomic E-state index is 11.0. The quantitative estimate of drug-likeness (QED) is 0.644. The van der Waals surface area contributed by atoms with Crippen molar-refractivity contribution in [2.75, 3.05) is 4.90 Å². The molecule has 1 atom stereocenters. The van der Waals surface area contributed by atoms with Crippen LogP contribution in [0.4, 0.5) is 10.5 Å². The molecule has 1 unspecified atom stereocenters. The standard InChI is InChI=1S/C10H10N2O2/c11-10(14)12-6-5-9(13)7-3-1-2-4-8(7)12/h1-6,9,13H,(H2,11,14). The summed E-state index contributed by atoms with van der Waals surface area (Å²) in [5.41, 5.74) is 6.50. The van der Waals surface area contributed by atoms with Crippen molar-refractivity contribution in [1.29, 1.82) is 0 Å². The van der Waals surface area contributed by atoms with E-state index in [4.69, 9.17) is 5.73 Å². The van der Waals surface area contributed by atoms with Crippen molar-refractivity contribution in [2.45, 2.75) is 6.10 Å². The normalized spacial score (nSPS) is 19.2. The third kappa shape index (κ3) is 1.25. The first kappa shape index (κ1) is 8.77. The van der Waals surface area contributed by atoms with Gasteiger partial charge in [0.25, 0.3) is 0 Å². The number of aliphatic hydroxyl groups is 1. The Bertz CT molecular complexity index is 401. The van der Waals surface area contributed by atoms with Crippen LogP contribution in [0, 0.1) is 0 Å². The van der Waals surface area contributed by atoms with E-state index in [-0.39, 0.29) is 0 Å². The number of fused-ring (bicyclic) bond motifs is 1. The summed E-state index contributed by atoms with van der Waals surface area (Å²) in [6, 6.07) is 6.55. The van der Waals surface area contributed by atoms with Crippen molar-refractivity contribution in [3.8, 4) is 0 Å². The molecule has 3 N–H and O–H groups in total. The Hall–Kier alpha value is -1.81. The Morgan fingerprint density at radius 2 is 2.14 bits per heavy atom. The number of rotatable bonds is 0. The monoisotopic (exact) mass is 190 g/mol. The van der Waals surface area contributed by atoms with Crippen LogP contribution >= 0.6 is 0 Å². The van der Waals surface area contributed by atoms with Crippen LogP contribution in [0.3, 0.4) is 0 Å². The number of hydrogen-bond donors (Lipinski definition) is 2. The molecule has 0 aromatic heterocycles. The Kier molecular flexibility index (Phi) is 1.98. The molecule has 1 aromatic rings. The van der Waals surface area contributed by atoms with Gasteiger partial charge in [-0.2, -0.15) is 0 Å². The Morgan fingerprint density at radius 1 is 1.43 bits per heavy atom. The fraction of sp³-hybridized carbons (Fsp3) is 0.100. The second-order valence-corrected chi connectivity index (χ2v) is 3.05. The number of urea groups is 1. The highest BCUT2D eigenvalue weighted by Gasteiger charge is 2.20. The van der Waals surface area contributed by atoms with Crippen LogP contribution in [-0.2, 0) is 0 Å². The third-order valence-corrected chi connectivity index (χ3v) is 2.17. The number of aliphatic hydroxyl groups excluding tert-OH is 1. The molecule has 2 rings (SSSR count). The van der Waals surface area contributed by atoms with Crippen LogP contribution in [0.5, 0.6) is 0 Å². The molecule has 1 aliphatic heterocycles. The number of anilines is 1. The molecule has 1 aromatic carbocycles. The number of carbonyl (C=O) groups excluding carboxylic acids is 1. The van der Waals surface area contributed by atoms with Crippen molar-refractivity contribution in [1.82, 2.24) is 0 Å². The minimum Gasteiger partial charge on any atom is -0.384 e. The van der Waals surface area contributed by atoms with Crippen molar-refractivity contribution >= 4 is 11.7 Å². The number of nitrogens with zero attached hydrogens (tertiary/aromatic N) is 1. The molecule has 0 fully saturated rings. The van der Waals surface area contributed by atoms with Gasteiger partial charge in [-0.3, -0.25) is 4.90 Å². The minimum atomic E-state index is -0.665. The van der Waals surface area contributed by atoms with E-state index < -0.39 is 12.1 Å². The fourth-order valence-electron chi connectivity index (χ4n) is 1.50. The predicted molar refractivity (Wildman–Crippen MR) is 52.6 cm³/mol. The summed E-state index contributed by atoms with van der Waals surface area (Å²) >= 11 is 0. The molecule has 0 saturated carbocycles. The lowest BCUT2D eigenvalue weighted by Crippen LogP contribution is -2.33. The second kappa shape index (κ2) is 3.16. The zero-order valence-electron chi connectivity index (χ0n) is 7.42. The number of amides is 2. The molecule has 4 heteroatoms. The fourth-order valence-corrected chi connectivity index (χ4v) is 1.50. The van der Waals surface area contributed by atoms with Crippen LogP contribution in [0.1, 0.15) is 11.7 Å². The van der Waals surface area contributed by atoms with Gasteiger partial charge >= 0.3 is 6.03 Å². The molecule has 2 amide bonds. The molecule has 0 radical (unpaired) electrons. The highest BCUT2D eigenvalue weighted by atomic mass is 16.3. The topological polar surface area (TPSA) is 66.6 Å². The van der Waals surface area contributed by atoms with E-state index in [9.17, 15) is 9.90 Å². The summed E-state index contributed by atoms with van der Waals surface area (Å²) < 4.78 is 0. The largest absolute Gasteiger partial charge is 0.384 e. The van der Waals surface area contributed by atoms with Gasteiger partial charge in [0.05, 0.1) is 5.69 Å². The summed E-state index contributed by atoms with van der Waals surface area (Å²) in [6.45, 7) is 0. The van der Waals surface area contributed by atoms with Crippen LogP contribution in [0.25, 0.3) is 0 Å². The van der Waals surface area contributed by atoms with E-state index in [2.05, 4.69) is 0 Å². The molecule has 1 heterocycles. The van der Waals surface area contributed by atoms with E-state index in [1.807, 2.05) is 0 Å². The highest BCUT2D eigenvalue weighted by molar-refractivity contribution is 5.94. The zero-order chi connectivity index (χ0) is 10.1. The molecular formula is C10H10N2O2. The zero-order valence-corrected chi connectivity index (χ0v) is 7.42. The van der Waals surface area contributed by atoms with Crippen LogP contribution in [0.2, 0.25) is 0 Å². The molecule has 0 spiro atoms. The summed E-state index contributed by atoms with van der Waals surface area (Å²) in [5.74, 6) is 0. The van der Waals surface area contributed by atoms with Crippen molar-refractivity contribution in [3.05, 3.63) is 42.1 Å². The number of para-hydroxylation sites is 1. The van der Waals surface area contributed by atoms with Gasteiger partial charge in [0.2, 0.25) is 0 Å². The second-order valence-electron chi connectivity index (χ2n) is 3.05. The van der Waals surface area contributed by atoms with Gasteiger partial charge in [-0.25, -0.2) is 4.79 Å². The number of nitrogens with two attached hydrogens (primary N) is 1. The van der Waals surface area contributed by atoms with Gasteiger partial charge in [-0.1, -0.05) is 18.2 Å².